The molecular weight excluding hydrogens is 348 g/mol. The summed E-state index contributed by atoms with van der Waals surface area (Å²) in [5, 5.41) is 1.11. The van der Waals surface area contributed by atoms with Crippen LogP contribution in [0.1, 0.15) is 20.8 Å². The number of halogens is 1. The zero-order chi connectivity index (χ0) is 14.4. The van der Waals surface area contributed by atoms with E-state index in [1.807, 2.05) is 42.5 Å². The molecule has 0 radical (unpaired) electrons. The molecule has 4 heteroatoms. The average molecular weight is 359 g/mol. The largest absolute Gasteiger partial charge is 0.492 e. The molecule has 3 aromatic rings. The highest BCUT2D eigenvalue weighted by molar-refractivity contribution is 9.10. The van der Waals surface area contributed by atoms with Gasteiger partial charge in [-0.25, -0.2) is 0 Å². The Morgan fingerprint density at radius 1 is 1.19 bits per heavy atom. The van der Waals surface area contributed by atoms with E-state index in [1.165, 1.54) is 11.3 Å². The van der Waals surface area contributed by atoms with Gasteiger partial charge in [0.25, 0.3) is 0 Å². The highest BCUT2D eigenvalue weighted by atomic mass is 79.9. The van der Waals surface area contributed by atoms with Gasteiger partial charge in [-0.1, -0.05) is 34.1 Å². The average Bonchev–Trinajstić information content (AvgIpc) is 3.11. The van der Waals surface area contributed by atoms with Gasteiger partial charge in [0.2, 0.25) is 5.78 Å². The van der Waals surface area contributed by atoms with E-state index < -0.39 is 0 Å². The first-order valence-corrected chi connectivity index (χ1v) is 8.32. The fraction of sp³-hybridized carbons (Fsp3) is 0.118. The van der Waals surface area contributed by atoms with Gasteiger partial charge >= 0.3 is 0 Å². The molecule has 0 saturated heterocycles. The van der Waals surface area contributed by atoms with E-state index in [0.29, 0.717) is 12.2 Å². The Morgan fingerprint density at radius 2 is 2.05 bits per heavy atom. The fourth-order valence-electron chi connectivity index (χ4n) is 2.66. The first-order chi connectivity index (χ1) is 10.2. The Balaban J connectivity index is 1.85. The van der Waals surface area contributed by atoms with Crippen LogP contribution < -0.4 is 4.74 Å². The van der Waals surface area contributed by atoms with Crippen LogP contribution in [0.15, 0.2) is 46.9 Å². The number of hydrogen-bond donors (Lipinski definition) is 0. The molecule has 0 fully saturated rings. The summed E-state index contributed by atoms with van der Waals surface area (Å²) in [6.07, 6.45) is 0.863. The maximum absolute atomic E-state index is 12.8. The van der Waals surface area contributed by atoms with Crippen LogP contribution in [0.3, 0.4) is 0 Å². The van der Waals surface area contributed by atoms with Crippen LogP contribution in [-0.4, -0.2) is 12.4 Å². The lowest BCUT2D eigenvalue weighted by Crippen LogP contribution is -2.02. The van der Waals surface area contributed by atoms with E-state index in [2.05, 4.69) is 15.9 Å². The van der Waals surface area contributed by atoms with Gasteiger partial charge in [-0.05, 0) is 35.2 Å². The van der Waals surface area contributed by atoms with Crippen LogP contribution in [-0.2, 0) is 6.42 Å². The van der Waals surface area contributed by atoms with Gasteiger partial charge in [0.05, 0.1) is 17.0 Å². The lowest BCUT2D eigenvalue weighted by atomic mass is 10.0. The predicted octanol–water partition coefficient (Wildman–Crippen LogP) is 4.83. The van der Waals surface area contributed by atoms with E-state index in [1.54, 1.807) is 0 Å². The first kappa shape index (κ1) is 13.0. The Kier molecular flexibility index (Phi) is 3.08. The quantitative estimate of drug-likeness (QED) is 0.613. The number of ether oxygens (including phenoxy) is 1. The molecule has 104 valence electrons. The Bertz CT molecular complexity index is 833. The van der Waals surface area contributed by atoms with Gasteiger partial charge in [-0.15, -0.1) is 11.3 Å². The van der Waals surface area contributed by atoms with E-state index >= 15 is 0 Å². The summed E-state index contributed by atoms with van der Waals surface area (Å²) < 4.78 is 7.72. The minimum atomic E-state index is 0.0376. The summed E-state index contributed by atoms with van der Waals surface area (Å²) in [4.78, 5) is 13.6. The summed E-state index contributed by atoms with van der Waals surface area (Å²) in [6.45, 7) is 0.651. The molecule has 0 spiro atoms. The van der Waals surface area contributed by atoms with Crippen molar-refractivity contribution in [3.63, 3.8) is 0 Å². The van der Waals surface area contributed by atoms with Gasteiger partial charge in [-0.3, -0.25) is 4.79 Å². The zero-order valence-electron chi connectivity index (χ0n) is 11.1. The number of carbonyl (C=O) groups is 1. The van der Waals surface area contributed by atoms with Gasteiger partial charge in [0.15, 0.2) is 0 Å². The maximum Gasteiger partial charge on any atom is 0.206 e. The van der Waals surface area contributed by atoms with Crippen molar-refractivity contribution in [2.24, 2.45) is 0 Å². The minimum absolute atomic E-state index is 0.0376. The monoisotopic (exact) mass is 358 g/mol. The second-order valence-electron chi connectivity index (χ2n) is 5.02. The highest BCUT2D eigenvalue weighted by Gasteiger charge is 2.23. The Labute approximate surface area is 134 Å². The van der Waals surface area contributed by atoms with Crippen LogP contribution in [0, 0.1) is 0 Å². The molecule has 1 aromatic heterocycles. The first-order valence-electron chi connectivity index (χ1n) is 6.71. The smallest absolute Gasteiger partial charge is 0.206 e. The molecule has 21 heavy (non-hydrogen) atoms. The molecule has 4 rings (SSSR count). The Morgan fingerprint density at radius 3 is 2.90 bits per heavy atom. The summed E-state index contributed by atoms with van der Waals surface area (Å²) >= 11 is 5.02. The molecule has 0 atom stereocenters. The maximum atomic E-state index is 12.8. The van der Waals surface area contributed by atoms with Gasteiger partial charge < -0.3 is 4.74 Å². The molecule has 0 amide bonds. The second-order valence-corrected chi connectivity index (χ2v) is 7.02. The molecule has 0 N–H and O–H groups in total. The van der Waals surface area contributed by atoms with E-state index in [-0.39, 0.29) is 5.78 Å². The number of carbonyl (C=O) groups excluding carboxylic acids is 1. The lowest BCUT2D eigenvalue weighted by molar-refractivity contribution is 0.103. The summed E-state index contributed by atoms with van der Waals surface area (Å²) in [7, 11) is 0. The number of benzene rings is 2. The summed E-state index contributed by atoms with van der Waals surface area (Å²) in [5.41, 5.74) is 1.76. The fourth-order valence-corrected chi connectivity index (χ4v) is 4.19. The third-order valence-corrected chi connectivity index (χ3v) is 5.22. The molecule has 2 nitrogen and oxygen atoms in total. The van der Waals surface area contributed by atoms with Crippen LogP contribution in [0.4, 0.5) is 0 Å². The summed E-state index contributed by atoms with van der Waals surface area (Å²) in [6, 6.07) is 13.9. The Hall–Kier alpha value is -1.65. The molecule has 2 aromatic carbocycles. The topological polar surface area (TPSA) is 26.3 Å². The van der Waals surface area contributed by atoms with Gasteiger partial charge in [0.1, 0.15) is 5.75 Å². The van der Waals surface area contributed by atoms with Crippen LogP contribution in [0.5, 0.6) is 5.75 Å². The number of fused-ring (bicyclic) bond motifs is 2. The van der Waals surface area contributed by atoms with Crippen molar-refractivity contribution >= 4 is 43.1 Å². The number of thiophene rings is 1. The summed E-state index contributed by atoms with van der Waals surface area (Å²) in [5.74, 6) is 0.788. The number of hydrogen-bond acceptors (Lipinski definition) is 3. The predicted molar refractivity (Wildman–Crippen MR) is 88.6 cm³/mol. The number of ketones is 1. The third-order valence-electron chi connectivity index (χ3n) is 3.64. The molecule has 1 aliphatic rings. The van der Waals surface area contributed by atoms with E-state index in [0.717, 1.165) is 37.2 Å². The van der Waals surface area contributed by atoms with Crippen molar-refractivity contribution in [1.82, 2.24) is 0 Å². The second kappa shape index (κ2) is 4.97. The van der Waals surface area contributed by atoms with E-state index in [9.17, 15) is 4.79 Å². The molecule has 2 heterocycles. The van der Waals surface area contributed by atoms with Crippen molar-refractivity contribution in [2.45, 2.75) is 6.42 Å². The molecule has 0 saturated carbocycles. The molecule has 0 aliphatic carbocycles. The van der Waals surface area contributed by atoms with Crippen molar-refractivity contribution in [2.75, 3.05) is 6.61 Å². The van der Waals surface area contributed by atoms with Crippen molar-refractivity contribution in [3.8, 4) is 5.75 Å². The van der Waals surface area contributed by atoms with Crippen molar-refractivity contribution in [1.29, 1.82) is 0 Å². The lowest BCUT2D eigenvalue weighted by Gasteiger charge is -2.07. The molecule has 0 unspecified atom stereocenters. The van der Waals surface area contributed by atoms with Crippen LogP contribution >= 0.6 is 27.3 Å². The van der Waals surface area contributed by atoms with Crippen LogP contribution in [0.2, 0.25) is 0 Å². The van der Waals surface area contributed by atoms with Crippen molar-refractivity contribution < 1.29 is 9.53 Å². The minimum Gasteiger partial charge on any atom is -0.492 e. The molecule has 0 bridgehead atoms. The SMILES string of the molecule is O=C(c1cc2ccccc2s1)c1cc(Br)cc2c1OCC2. The molecule has 1 aliphatic heterocycles. The highest BCUT2D eigenvalue weighted by Crippen LogP contribution is 2.36. The normalized spacial score (nSPS) is 13.2. The van der Waals surface area contributed by atoms with Gasteiger partial charge in [-0.2, -0.15) is 0 Å². The number of rotatable bonds is 2. The molecular formula is C17H11BrO2S. The standard InChI is InChI=1S/C17H11BrO2S/c18-12-7-11-5-6-20-17(11)13(9-12)16(19)15-8-10-3-1-2-4-14(10)21-15/h1-4,7-9H,5-6H2. The van der Waals surface area contributed by atoms with Crippen molar-refractivity contribution in [3.05, 3.63) is 62.9 Å². The van der Waals surface area contributed by atoms with E-state index in [4.69, 9.17) is 4.74 Å². The van der Waals surface area contributed by atoms with Gasteiger partial charge in [0, 0.05) is 15.6 Å². The third kappa shape index (κ3) is 2.19. The van der Waals surface area contributed by atoms with Crippen LogP contribution in [0.25, 0.3) is 10.1 Å². The zero-order valence-corrected chi connectivity index (χ0v) is 13.5.